The second-order valence-corrected chi connectivity index (χ2v) is 8.00. The Morgan fingerprint density at radius 1 is 1.33 bits per heavy atom. The van der Waals surface area contributed by atoms with Crippen LogP contribution < -0.4 is 11.0 Å². The predicted molar refractivity (Wildman–Crippen MR) is 128 cm³/mol. The zero-order valence-corrected chi connectivity index (χ0v) is 20.3. The summed E-state index contributed by atoms with van der Waals surface area (Å²) in [5.74, 6) is 2.41. The number of likely N-dealkylation sites (tertiary alicyclic amines) is 1. The van der Waals surface area contributed by atoms with E-state index in [0.29, 0.717) is 19.0 Å². The summed E-state index contributed by atoms with van der Waals surface area (Å²) >= 11 is 0. The monoisotopic (exact) mass is 528 g/mol. The van der Waals surface area contributed by atoms with Crippen LogP contribution in [0, 0.1) is 0 Å². The van der Waals surface area contributed by atoms with E-state index < -0.39 is 0 Å². The summed E-state index contributed by atoms with van der Waals surface area (Å²) in [6.45, 7) is 7.03. The third kappa shape index (κ3) is 5.06. The summed E-state index contributed by atoms with van der Waals surface area (Å²) in [7, 11) is 1.96. The molecule has 9 nitrogen and oxygen atoms in total. The van der Waals surface area contributed by atoms with Crippen LogP contribution in [0.4, 0.5) is 0 Å². The summed E-state index contributed by atoms with van der Waals surface area (Å²) in [4.78, 5) is 19.6. The van der Waals surface area contributed by atoms with Gasteiger partial charge in [0.15, 0.2) is 5.96 Å². The maximum atomic E-state index is 12.4. The fourth-order valence-corrected chi connectivity index (χ4v) is 4.30. The normalized spacial score (nSPS) is 18.9. The maximum absolute atomic E-state index is 12.4. The second kappa shape index (κ2) is 10.5. The number of hydrogen-bond donors (Lipinski definition) is 1. The number of fused-ring (bicyclic) bond motifs is 1. The van der Waals surface area contributed by atoms with Crippen LogP contribution in [0.1, 0.15) is 49.9 Å². The molecule has 30 heavy (non-hydrogen) atoms. The van der Waals surface area contributed by atoms with Gasteiger partial charge in [0.1, 0.15) is 5.82 Å². The van der Waals surface area contributed by atoms with Crippen LogP contribution in [-0.2, 0) is 26.6 Å². The standard InChI is InChI=1S/C20H32N8O.HI/c1-3-21-19(26-12-8-16(15-26)17-13-23-25(2)14-17)22-9-6-11-28-20(29)27-10-5-4-7-18(27)24-28;/h13-14,16H,3-12,15H2,1-2H3,(H,21,22);1H. The van der Waals surface area contributed by atoms with Gasteiger partial charge >= 0.3 is 5.69 Å². The molecule has 0 radical (unpaired) electrons. The Labute approximate surface area is 194 Å². The molecule has 1 fully saturated rings. The van der Waals surface area contributed by atoms with Gasteiger partial charge in [0, 0.05) is 64.9 Å². The first kappa shape index (κ1) is 22.8. The van der Waals surface area contributed by atoms with Gasteiger partial charge in [-0.05, 0) is 38.2 Å². The van der Waals surface area contributed by atoms with Gasteiger partial charge in [-0.3, -0.25) is 14.2 Å². The molecule has 1 N–H and O–H groups in total. The first-order chi connectivity index (χ1) is 14.2. The van der Waals surface area contributed by atoms with Gasteiger partial charge in [0.05, 0.1) is 6.20 Å². The molecule has 1 atom stereocenters. The van der Waals surface area contributed by atoms with Crippen LogP contribution in [0.2, 0.25) is 0 Å². The van der Waals surface area contributed by atoms with E-state index in [2.05, 4.69) is 33.5 Å². The Balaban J connectivity index is 0.00000256. The van der Waals surface area contributed by atoms with E-state index in [1.54, 1.807) is 4.68 Å². The molecule has 4 heterocycles. The number of aromatic nitrogens is 5. The average Bonchev–Trinajstić information content (AvgIpc) is 3.44. The van der Waals surface area contributed by atoms with Gasteiger partial charge in [0.25, 0.3) is 0 Å². The summed E-state index contributed by atoms with van der Waals surface area (Å²) in [5, 5.41) is 12.2. The summed E-state index contributed by atoms with van der Waals surface area (Å²) < 4.78 is 5.32. The highest BCUT2D eigenvalue weighted by Gasteiger charge is 2.26. The van der Waals surface area contributed by atoms with Gasteiger partial charge in [0.2, 0.25) is 0 Å². The molecule has 2 aliphatic rings. The number of aryl methyl sites for hydroxylation is 3. The van der Waals surface area contributed by atoms with Crippen molar-refractivity contribution in [3.05, 3.63) is 34.3 Å². The van der Waals surface area contributed by atoms with E-state index in [0.717, 1.165) is 70.1 Å². The van der Waals surface area contributed by atoms with Crippen LogP contribution in [0.25, 0.3) is 0 Å². The highest BCUT2D eigenvalue weighted by molar-refractivity contribution is 14.0. The highest BCUT2D eigenvalue weighted by atomic mass is 127. The predicted octanol–water partition coefficient (Wildman–Crippen LogP) is 1.58. The van der Waals surface area contributed by atoms with Crippen molar-refractivity contribution in [1.29, 1.82) is 0 Å². The largest absolute Gasteiger partial charge is 0.357 e. The van der Waals surface area contributed by atoms with E-state index in [-0.39, 0.29) is 29.7 Å². The lowest BCUT2D eigenvalue weighted by Gasteiger charge is -2.21. The van der Waals surface area contributed by atoms with Crippen molar-refractivity contribution in [3.63, 3.8) is 0 Å². The van der Waals surface area contributed by atoms with Crippen molar-refractivity contribution in [1.82, 2.24) is 34.3 Å². The minimum atomic E-state index is 0. The molecule has 2 aliphatic heterocycles. The van der Waals surface area contributed by atoms with Gasteiger partial charge < -0.3 is 10.2 Å². The van der Waals surface area contributed by atoms with Crippen LogP contribution in [0.3, 0.4) is 0 Å². The Bertz CT molecular complexity index is 914. The Morgan fingerprint density at radius 3 is 2.93 bits per heavy atom. The Kier molecular flexibility index (Phi) is 7.95. The molecule has 4 rings (SSSR count). The average molecular weight is 528 g/mol. The minimum Gasteiger partial charge on any atom is -0.357 e. The molecular weight excluding hydrogens is 495 g/mol. The smallest absolute Gasteiger partial charge is 0.345 e. The van der Waals surface area contributed by atoms with Crippen LogP contribution in [0.5, 0.6) is 0 Å². The lowest BCUT2D eigenvalue weighted by molar-refractivity contribution is 0.483. The molecular formula is C20H33IN8O. The van der Waals surface area contributed by atoms with Gasteiger partial charge in [-0.2, -0.15) is 10.2 Å². The van der Waals surface area contributed by atoms with E-state index in [9.17, 15) is 4.79 Å². The molecule has 2 aromatic heterocycles. The quantitative estimate of drug-likeness (QED) is 0.267. The summed E-state index contributed by atoms with van der Waals surface area (Å²) in [6, 6.07) is 0. The van der Waals surface area contributed by atoms with E-state index >= 15 is 0 Å². The Morgan fingerprint density at radius 2 is 2.20 bits per heavy atom. The van der Waals surface area contributed by atoms with Crippen molar-refractivity contribution in [3.8, 4) is 0 Å². The molecule has 166 valence electrons. The fraction of sp³-hybridized carbons (Fsp3) is 0.700. The van der Waals surface area contributed by atoms with Crippen LogP contribution >= 0.6 is 24.0 Å². The van der Waals surface area contributed by atoms with Crippen molar-refractivity contribution in [2.24, 2.45) is 12.0 Å². The number of aliphatic imine (C=N–C) groups is 1. The first-order valence-corrected chi connectivity index (χ1v) is 10.8. The molecule has 0 saturated carbocycles. The van der Waals surface area contributed by atoms with E-state index in [4.69, 9.17) is 4.99 Å². The molecule has 10 heteroatoms. The molecule has 0 spiro atoms. The van der Waals surface area contributed by atoms with Gasteiger partial charge in [-0.15, -0.1) is 24.0 Å². The molecule has 0 amide bonds. The van der Waals surface area contributed by atoms with Crippen molar-refractivity contribution < 1.29 is 0 Å². The second-order valence-electron chi connectivity index (χ2n) is 8.00. The Hall–Kier alpha value is -1.85. The molecule has 0 aliphatic carbocycles. The number of guanidine groups is 1. The minimum absolute atomic E-state index is 0. The van der Waals surface area contributed by atoms with Crippen molar-refractivity contribution >= 4 is 29.9 Å². The number of halogens is 1. The molecule has 1 saturated heterocycles. The number of rotatable bonds is 6. The third-order valence-electron chi connectivity index (χ3n) is 5.84. The maximum Gasteiger partial charge on any atom is 0.345 e. The topological polar surface area (TPSA) is 85.3 Å². The third-order valence-corrected chi connectivity index (χ3v) is 5.84. The fourth-order valence-electron chi connectivity index (χ4n) is 4.30. The number of nitrogens with zero attached hydrogens (tertiary/aromatic N) is 7. The molecule has 2 aromatic rings. The van der Waals surface area contributed by atoms with Gasteiger partial charge in [-0.25, -0.2) is 9.48 Å². The number of nitrogens with one attached hydrogen (secondary N) is 1. The first-order valence-electron chi connectivity index (χ1n) is 10.8. The van der Waals surface area contributed by atoms with Crippen LogP contribution in [0.15, 0.2) is 22.2 Å². The SMILES string of the molecule is CCNC(=NCCCn1nc2n(c1=O)CCCC2)N1CCC(c2cnn(C)c2)C1.I. The van der Waals surface area contributed by atoms with Crippen molar-refractivity contribution in [2.75, 3.05) is 26.2 Å². The zero-order chi connectivity index (χ0) is 20.2. The van der Waals surface area contributed by atoms with Crippen LogP contribution in [-0.4, -0.2) is 61.2 Å². The summed E-state index contributed by atoms with van der Waals surface area (Å²) in [5.41, 5.74) is 1.34. The zero-order valence-electron chi connectivity index (χ0n) is 18.0. The van der Waals surface area contributed by atoms with E-state index in [1.807, 2.05) is 22.5 Å². The van der Waals surface area contributed by atoms with Crippen molar-refractivity contribution in [2.45, 2.75) is 58.0 Å². The number of hydrogen-bond acceptors (Lipinski definition) is 4. The molecule has 0 bridgehead atoms. The highest BCUT2D eigenvalue weighted by Crippen LogP contribution is 2.26. The van der Waals surface area contributed by atoms with Gasteiger partial charge in [-0.1, -0.05) is 0 Å². The van der Waals surface area contributed by atoms with E-state index in [1.165, 1.54) is 5.56 Å². The summed E-state index contributed by atoms with van der Waals surface area (Å²) in [6.07, 6.45) is 9.13. The molecule has 0 aromatic carbocycles. The molecule has 1 unspecified atom stereocenters. The lowest BCUT2D eigenvalue weighted by Crippen LogP contribution is -2.40. The lowest BCUT2D eigenvalue weighted by atomic mass is 10.0.